The zero-order valence-electron chi connectivity index (χ0n) is 12.2. The molecule has 0 spiro atoms. The van der Waals surface area contributed by atoms with Crippen LogP contribution in [0.5, 0.6) is 0 Å². The first-order chi connectivity index (χ1) is 9.85. The zero-order valence-corrected chi connectivity index (χ0v) is 12.2. The SMILES string of the molecule is CNc1nc(NCCCC2CC2)nc(N2CCCC2)n1. The van der Waals surface area contributed by atoms with Crippen LogP contribution in [0.4, 0.5) is 17.8 Å². The van der Waals surface area contributed by atoms with Crippen molar-refractivity contribution < 1.29 is 0 Å². The lowest BCUT2D eigenvalue weighted by Crippen LogP contribution is -2.22. The molecule has 0 unspecified atom stereocenters. The van der Waals surface area contributed by atoms with Crippen LogP contribution in [0.2, 0.25) is 0 Å². The van der Waals surface area contributed by atoms with Gasteiger partial charge in [-0.05, 0) is 31.6 Å². The molecule has 1 aromatic rings. The third-order valence-corrected chi connectivity index (χ3v) is 4.01. The molecule has 6 heteroatoms. The van der Waals surface area contributed by atoms with Crippen molar-refractivity contribution in [3.05, 3.63) is 0 Å². The molecule has 0 radical (unpaired) electrons. The summed E-state index contributed by atoms with van der Waals surface area (Å²) in [7, 11) is 1.85. The lowest BCUT2D eigenvalue weighted by Gasteiger charge is -2.16. The quantitative estimate of drug-likeness (QED) is 0.744. The van der Waals surface area contributed by atoms with Gasteiger partial charge >= 0.3 is 0 Å². The number of aromatic nitrogens is 3. The smallest absolute Gasteiger partial charge is 0.231 e. The van der Waals surface area contributed by atoms with Crippen molar-refractivity contribution in [3.8, 4) is 0 Å². The van der Waals surface area contributed by atoms with E-state index in [0.29, 0.717) is 11.9 Å². The van der Waals surface area contributed by atoms with E-state index >= 15 is 0 Å². The van der Waals surface area contributed by atoms with Crippen LogP contribution in [-0.2, 0) is 0 Å². The minimum Gasteiger partial charge on any atom is -0.357 e. The van der Waals surface area contributed by atoms with Gasteiger partial charge in [-0.3, -0.25) is 0 Å². The van der Waals surface area contributed by atoms with Crippen molar-refractivity contribution in [3.63, 3.8) is 0 Å². The Bertz CT molecular complexity index is 439. The van der Waals surface area contributed by atoms with Crippen LogP contribution in [0.15, 0.2) is 0 Å². The van der Waals surface area contributed by atoms with E-state index < -0.39 is 0 Å². The molecule has 2 heterocycles. The minimum atomic E-state index is 0.645. The van der Waals surface area contributed by atoms with Crippen molar-refractivity contribution in [2.75, 3.05) is 42.2 Å². The number of nitrogens with zero attached hydrogens (tertiary/aromatic N) is 4. The highest BCUT2D eigenvalue weighted by atomic mass is 15.3. The predicted octanol–water partition coefficient (Wildman–Crippen LogP) is 2.12. The molecule has 0 amide bonds. The predicted molar refractivity (Wildman–Crippen MR) is 81.3 cm³/mol. The number of hydrogen-bond acceptors (Lipinski definition) is 6. The summed E-state index contributed by atoms with van der Waals surface area (Å²) < 4.78 is 0. The van der Waals surface area contributed by atoms with Gasteiger partial charge in [0.05, 0.1) is 0 Å². The maximum absolute atomic E-state index is 4.55. The fourth-order valence-electron chi connectivity index (χ4n) is 2.61. The van der Waals surface area contributed by atoms with E-state index in [0.717, 1.165) is 31.5 Å². The molecule has 0 bridgehead atoms. The van der Waals surface area contributed by atoms with Crippen molar-refractivity contribution in [2.45, 2.75) is 38.5 Å². The number of anilines is 3. The summed E-state index contributed by atoms with van der Waals surface area (Å²) in [4.78, 5) is 15.6. The Morgan fingerprint density at radius 1 is 1.10 bits per heavy atom. The molecule has 1 aliphatic carbocycles. The zero-order chi connectivity index (χ0) is 13.8. The summed E-state index contributed by atoms with van der Waals surface area (Å²) in [5.74, 6) is 3.13. The largest absolute Gasteiger partial charge is 0.357 e. The van der Waals surface area contributed by atoms with Crippen LogP contribution in [0.25, 0.3) is 0 Å². The van der Waals surface area contributed by atoms with E-state index in [-0.39, 0.29) is 0 Å². The standard InChI is InChI=1S/C14H24N6/c1-15-12-17-13(16-8-4-5-11-6-7-11)19-14(18-12)20-9-2-3-10-20/h11H,2-10H2,1H3,(H2,15,16,17,18,19). The summed E-state index contributed by atoms with van der Waals surface area (Å²) in [6.45, 7) is 3.05. The third-order valence-electron chi connectivity index (χ3n) is 4.01. The van der Waals surface area contributed by atoms with Crippen LogP contribution in [-0.4, -0.2) is 41.6 Å². The molecule has 6 nitrogen and oxygen atoms in total. The van der Waals surface area contributed by atoms with Crippen molar-refractivity contribution in [1.82, 2.24) is 15.0 Å². The van der Waals surface area contributed by atoms with Gasteiger partial charge in [0, 0.05) is 26.7 Å². The van der Waals surface area contributed by atoms with Crippen molar-refractivity contribution in [2.24, 2.45) is 5.92 Å². The molecular formula is C14H24N6. The van der Waals surface area contributed by atoms with E-state index in [1.54, 1.807) is 0 Å². The molecule has 110 valence electrons. The Balaban J connectivity index is 1.60. The van der Waals surface area contributed by atoms with E-state index in [1.807, 2.05) is 7.05 Å². The first kappa shape index (κ1) is 13.4. The van der Waals surface area contributed by atoms with Gasteiger partial charge in [0.25, 0.3) is 0 Å². The molecule has 2 N–H and O–H groups in total. The highest BCUT2D eigenvalue weighted by molar-refractivity contribution is 5.44. The summed E-state index contributed by atoms with van der Waals surface area (Å²) >= 11 is 0. The Labute approximate surface area is 120 Å². The molecule has 0 aromatic carbocycles. The van der Waals surface area contributed by atoms with Crippen LogP contribution in [0.1, 0.15) is 38.5 Å². The molecular weight excluding hydrogens is 252 g/mol. The van der Waals surface area contributed by atoms with Crippen molar-refractivity contribution >= 4 is 17.8 Å². The number of hydrogen-bond donors (Lipinski definition) is 2. The van der Waals surface area contributed by atoms with Crippen molar-refractivity contribution in [1.29, 1.82) is 0 Å². The van der Waals surface area contributed by atoms with Gasteiger partial charge in [-0.25, -0.2) is 0 Å². The summed E-state index contributed by atoms with van der Waals surface area (Å²) in [5.41, 5.74) is 0. The van der Waals surface area contributed by atoms with Gasteiger partial charge in [0.15, 0.2) is 0 Å². The molecule has 2 aliphatic rings. The maximum atomic E-state index is 4.55. The second kappa shape index (κ2) is 6.24. The minimum absolute atomic E-state index is 0.645. The maximum Gasteiger partial charge on any atom is 0.231 e. The fraction of sp³-hybridized carbons (Fsp3) is 0.786. The van der Waals surface area contributed by atoms with E-state index in [9.17, 15) is 0 Å². The van der Waals surface area contributed by atoms with E-state index in [4.69, 9.17) is 0 Å². The molecule has 2 fully saturated rings. The van der Waals surface area contributed by atoms with E-state index in [1.165, 1.54) is 38.5 Å². The molecule has 0 atom stereocenters. The fourth-order valence-corrected chi connectivity index (χ4v) is 2.61. The third kappa shape index (κ3) is 3.49. The van der Waals surface area contributed by atoms with E-state index in [2.05, 4.69) is 30.5 Å². The van der Waals surface area contributed by atoms with Gasteiger partial charge < -0.3 is 15.5 Å². The Morgan fingerprint density at radius 3 is 2.55 bits per heavy atom. The van der Waals surface area contributed by atoms with Gasteiger partial charge in [-0.2, -0.15) is 15.0 Å². The van der Waals surface area contributed by atoms with Crippen LogP contribution < -0.4 is 15.5 Å². The second-order valence-corrected chi connectivity index (χ2v) is 5.74. The average Bonchev–Trinajstić information content (AvgIpc) is 3.14. The lowest BCUT2D eigenvalue weighted by molar-refractivity contribution is 0.685. The highest BCUT2D eigenvalue weighted by Crippen LogP contribution is 2.33. The second-order valence-electron chi connectivity index (χ2n) is 5.74. The lowest BCUT2D eigenvalue weighted by atomic mass is 10.2. The Hall–Kier alpha value is -1.59. The highest BCUT2D eigenvalue weighted by Gasteiger charge is 2.20. The molecule has 1 aromatic heterocycles. The monoisotopic (exact) mass is 276 g/mol. The van der Waals surface area contributed by atoms with Gasteiger partial charge in [-0.1, -0.05) is 12.8 Å². The van der Waals surface area contributed by atoms with Gasteiger partial charge in [0.2, 0.25) is 17.8 Å². The van der Waals surface area contributed by atoms with Crippen LogP contribution in [0.3, 0.4) is 0 Å². The van der Waals surface area contributed by atoms with Gasteiger partial charge in [0.1, 0.15) is 0 Å². The Morgan fingerprint density at radius 2 is 1.85 bits per heavy atom. The summed E-state index contributed by atoms with van der Waals surface area (Å²) in [6, 6.07) is 0. The summed E-state index contributed by atoms with van der Waals surface area (Å²) in [6.07, 6.45) is 7.83. The molecule has 20 heavy (non-hydrogen) atoms. The molecule has 1 aliphatic heterocycles. The molecule has 1 saturated carbocycles. The molecule has 1 saturated heterocycles. The topological polar surface area (TPSA) is 66.0 Å². The van der Waals surface area contributed by atoms with Crippen LogP contribution >= 0.6 is 0 Å². The number of nitrogens with one attached hydrogen (secondary N) is 2. The van der Waals surface area contributed by atoms with Gasteiger partial charge in [-0.15, -0.1) is 0 Å². The first-order valence-corrected chi connectivity index (χ1v) is 7.78. The first-order valence-electron chi connectivity index (χ1n) is 7.78. The Kier molecular flexibility index (Phi) is 4.18. The number of rotatable bonds is 7. The van der Waals surface area contributed by atoms with Crippen LogP contribution in [0, 0.1) is 5.92 Å². The molecule has 3 rings (SSSR count). The average molecular weight is 276 g/mol. The summed E-state index contributed by atoms with van der Waals surface area (Å²) in [5, 5.41) is 6.36. The normalized spacial score (nSPS) is 18.4.